The van der Waals surface area contributed by atoms with Crippen molar-refractivity contribution in [2.24, 2.45) is 0 Å². The number of fused-ring (bicyclic) bond motifs is 1. The number of nitrogens with one attached hydrogen (secondary N) is 1. The van der Waals surface area contributed by atoms with Crippen LogP contribution in [0.4, 0.5) is 10.5 Å². The van der Waals surface area contributed by atoms with Crippen molar-refractivity contribution in [1.29, 1.82) is 0 Å². The maximum atomic E-state index is 11.2. The van der Waals surface area contributed by atoms with E-state index in [1.54, 1.807) is 26.0 Å². The molecule has 1 fully saturated rings. The molecule has 4 atom stereocenters. The first kappa shape index (κ1) is 19.6. The summed E-state index contributed by atoms with van der Waals surface area (Å²) in [6.07, 6.45) is -4.08. The highest BCUT2D eigenvalue weighted by molar-refractivity contribution is 6.60. The second kappa shape index (κ2) is 7.48. The van der Waals surface area contributed by atoms with Crippen molar-refractivity contribution in [3.8, 4) is 5.75 Å². The molecule has 0 spiro atoms. The van der Waals surface area contributed by atoms with Gasteiger partial charge >= 0.3 is 0 Å². The van der Waals surface area contributed by atoms with Gasteiger partial charge in [-0.05, 0) is 48.9 Å². The number of carbonyl (C=O) groups is 1. The highest BCUT2D eigenvalue weighted by Gasteiger charge is 2.50. The molecule has 8 heteroatoms. The van der Waals surface area contributed by atoms with Crippen molar-refractivity contribution in [1.82, 2.24) is 0 Å². The lowest BCUT2D eigenvalue weighted by Crippen LogP contribution is -2.63. The molecular weight excluding hydrogens is 349 g/mol. The number of methoxy groups -OCH3 is 1. The van der Waals surface area contributed by atoms with Crippen molar-refractivity contribution in [3.63, 3.8) is 0 Å². The van der Waals surface area contributed by atoms with Crippen LogP contribution in [0.15, 0.2) is 36.4 Å². The van der Waals surface area contributed by atoms with Gasteiger partial charge in [0.05, 0.1) is 5.60 Å². The molecule has 0 aromatic heterocycles. The molecule has 2 aromatic rings. The molecule has 3 N–H and O–H groups in total. The number of aliphatic hydroxyl groups is 2. The molecule has 1 aliphatic rings. The van der Waals surface area contributed by atoms with Gasteiger partial charge in [0.15, 0.2) is 5.81 Å². The topological polar surface area (TPSA) is 97.3 Å². The van der Waals surface area contributed by atoms with Gasteiger partial charge in [-0.15, -0.1) is 0 Å². The standard InChI is InChI=1S/C19H24BNO6/c1-19(2)16(25-3)14(22)15(23)17(27-19)26-13-7-5-10-8-12(21-18(20)24)6-4-11(10)9-13/h4-9,14-17,22-23H,20H2,1-3H3,(H,21,24)/t14-,15+,16+,17+/m0/s1. The van der Waals surface area contributed by atoms with Gasteiger partial charge in [0, 0.05) is 12.8 Å². The maximum Gasteiger partial charge on any atom is 0.229 e. The Morgan fingerprint density at radius 3 is 2.48 bits per heavy atom. The fraction of sp³-hybridized carbons (Fsp3) is 0.421. The Morgan fingerprint density at radius 2 is 1.81 bits per heavy atom. The monoisotopic (exact) mass is 373 g/mol. The highest BCUT2D eigenvalue weighted by atomic mass is 16.7. The number of aliphatic hydroxyl groups excluding tert-OH is 2. The molecule has 27 heavy (non-hydrogen) atoms. The quantitative estimate of drug-likeness (QED) is 0.699. The molecule has 0 unspecified atom stereocenters. The fourth-order valence-corrected chi connectivity index (χ4v) is 3.42. The van der Waals surface area contributed by atoms with E-state index in [0.717, 1.165) is 10.8 Å². The number of ether oxygens (including phenoxy) is 3. The average Bonchev–Trinajstić information content (AvgIpc) is 2.59. The smallest absolute Gasteiger partial charge is 0.229 e. The van der Waals surface area contributed by atoms with Gasteiger partial charge in [-0.25, -0.2) is 0 Å². The van der Waals surface area contributed by atoms with Crippen LogP contribution in [0.25, 0.3) is 10.8 Å². The molecule has 0 aliphatic carbocycles. The van der Waals surface area contributed by atoms with Crippen LogP contribution in [0.3, 0.4) is 0 Å². The SMILES string of the molecule is BC(=O)Nc1ccc2cc(O[C@@H]3OC(C)(C)[C@H](OC)[C@@H](O)[C@H]3O)ccc2c1. The predicted molar refractivity (Wildman–Crippen MR) is 104 cm³/mol. The third-order valence-corrected chi connectivity index (χ3v) is 4.68. The molecule has 0 radical (unpaired) electrons. The second-order valence-electron chi connectivity index (χ2n) is 7.25. The summed E-state index contributed by atoms with van der Waals surface area (Å²) in [4.78, 5) is 11.2. The van der Waals surface area contributed by atoms with E-state index >= 15 is 0 Å². The number of carbonyl (C=O) groups excluding carboxylic acids is 1. The molecule has 1 aliphatic heterocycles. The number of anilines is 1. The predicted octanol–water partition coefficient (Wildman–Crippen LogP) is 1.26. The van der Waals surface area contributed by atoms with E-state index in [4.69, 9.17) is 14.2 Å². The molecule has 3 rings (SSSR count). The molecular formula is C19H24BNO6. The zero-order valence-electron chi connectivity index (χ0n) is 15.8. The van der Waals surface area contributed by atoms with Gasteiger partial charge < -0.3 is 29.7 Å². The lowest BCUT2D eigenvalue weighted by Gasteiger charge is -2.46. The molecule has 2 aromatic carbocycles. The minimum atomic E-state index is -1.25. The Balaban J connectivity index is 1.80. The Hall–Kier alpha value is -2.13. The van der Waals surface area contributed by atoms with Gasteiger partial charge in [-0.2, -0.15) is 0 Å². The van der Waals surface area contributed by atoms with Gasteiger partial charge in [-0.1, -0.05) is 12.1 Å². The lowest BCUT2D eigenvalue weighted by atomic mass is 9.89. The van der Waals surface area contributed by atoms with E-state index in [1.165, 1.54) is 15.0 Å². The largest absolute Gasteiger partial charge is 0.462 e. The number of rotatable bonds is 4. The summed E-state index contributed by atoms with van der Waals surface area (Å²) in [6, 6.07) is 10.9. The number of amides is 1. The molecule has 1 amide bonds. The zero-order valence-corrected chi connectivity index (χ0v) is 15.8. The van der Waals surface area contributed by atoms with E-state index in [0.29, 0.717) is 11.4 Å². The summed E-state index contributed by atoms with van der Waals surface area (Å²) in [5, 5.41) is 25.2. The lowest BCUT2D eigenvalue weighted by molar-refractivity contribution is -0.305. The van der Waals surface area contributed by atoms with Crippen LogP contribution in [-0.4, -0.2) is 61.2 Å². The molecule has 7 nitrogen and oxygen atoms in total. The third-order valence-electron chi connectivity index (χ3n) is 4.68. The van der Waals surface area contributed by atoms with E-state index in [9.17, 15) is 15.0 Å². The number of benzene rings is 2. The minimum absolute atomic E-state index is 0.131. The van der Waals surface area contributed by atoms with E-state index in [2.05, 4.69) is 5.32 Å². The van der Waals surface area contributed by atoms with Crippen molar-refractivity contribution in [3.05, 3.63) is 36.4 Å². The summed E-state index contributed by atoms with van der Waals surface area (Å²) >= 11 is 0. The Bertz CT molecular complexity index is 842. The van der Waals surface area contributed by atoms with Crippen LogP contribution >= 0.6 is 0 Å². The van der Waals surface area contributed by atoms with Crippen molar-refractivity contribution in [2.75, 3.05) is 12.4 Å². The normalized spacial score (nSPS) is 27.3. The molecule has 144 valence electrons. The van der Waals surface area contributed by atoms with Gasteiger partial charge in [0.25, 0.3) is 0 Å². The van der Waals surface area contributed by atoms with Crippen LogP contribution in [-0.2, 0) is 9.47 Å². The minimum Gasteiger partial charge on any atom is -0.462 e. The van der Waals surface area contributed by atoms with Crippen LogP contribution in [0.1, 0.15) is 13.8 Å². The fourth-order valence-electron chi connectivity index (χ4n) is 3.42. The van der Waals surface area contributed by atoms with E-state index in [-0.39, 0.29) is 5.81 Å². The Labute approximate surface area is 158 Å². The summed E-state index contributed by atoms with van der Waals surface area (Å²) < 4.78 is 16.9. The summed E-state index contributed by atoms with van der Waals surface area (Å²) in [6.45, 7) is 3.55. The van der Waals surface area contributed by atoms with Crippen LogP contribution in [0.2, 0.25) is 0 Å². The second-order valence-corrected chi connectivity index (χ2v) is 7.25. The molecule has 0 saturated carbocycles. The van der Waals surface area contributed by atoms with Crippen LogP contribution in [0.5, 0.6) is 5.75 Å². The van der Waals surface area contributed by atoms with Crippen LogP contribution in [0, 0.1) is 0 Å². The molecule has 1 saturated heterocycles. The van der Waals surface area contributed by atoms with Gasteiger partial charge in [0.1, 0.15) is 24.1 Å². The van der Waals surface area contributed by atoms with Gasteiger partial charge in [0.2, 0.25) is 14.1 Å². The van der Waals surface area contributed by atoms with E-state index < -0.39 is 30.2 Å². The van der Waals surface area contributed by atoms with Crippen LogP contribution < -0.4 is 10.1 Å². The van der Waals surface area contributed by atoms with Gasteiger partial charge in [-0.3, -0.25) is 4.79 Å². The first-order valence-corrected chi connectivity index (χ1v) is 8.76. The first-order valence-electron chi connectivity index (χ1n) is 8.76. The van der Waals surface area contributed by atoms with Crippen molar-refractivity contribution in [2.45, 2.75) is 44.1 Å². The highest BCUT2D eigenvalue weighted by Crippen LogP contribution is 2.33. The zero-order chi connectivity index (χ0) is 19.8. The first-order chi connectivity index (χ1) is 12.7. The summed E-state index contributed by atoms with van der Waals surface area (Å²) in [5.74, 6) is 0.367. The summed E-state index contributed by atoms with van der Waals surface area (Å²) in [5.41, 5.74) is -0.118. The average molecular weight is 373 g/mol. The summed E-state index contributed by atoms with van der Waals surface area (Å²) in [7, 11) is 2.92. The number of hydrogen-bond donors (Lipinski definition) is 3. The van der Waals surface area contributed by atoms with Crippen molar-refractivity contribution < 1.29 is 29.2 Å². The molecule has 0 bridgehead atoms. The molecule has 1 heterocycles. The third kappa shape index (κ3) is 4.09. The van der Waals surface area contributed by atoms with E-state index in [1.807, 2.05) is 24.3 Å². The Kier molecular flexibility index (Phi) is 5.44. The maximum absolute atomic E-state index is 11.2. The number of hydrogen-bond acceptors (Lipinski definition) is 6. The Morgan fingerprint density at radius 1 is 1.15 bits per heavy atom. The van der Waals surface area contributed by atoms with Crippen molar-refractivity contribution >= 4 is 30.1 Å².